The van der Waals surface area contributed by atoms with Gasteiger partial charge in [0.2, 0.25) is 0 Å². The molecule has 0 aromatic carbocycles. The predicted molar refractivity (Wildman–Crippen MR) is 64.0 cm³/mol. The molecule has 0 fully saturated rings. The summed E-state index contributed by atoms with van der Waals surface area (Å²) < 4.78 is 6.37. The van der Waals surface area contributed by atoms with Crippen molar-refractivity contribution < 1.29 is 4.42 Å². The number of furan rings is 1. The summed E-state index contributed by atoms with van der Waals surface area (Å²) >= 11 is 3.44. The first-order valence-electron chi connectivity index (χ1n) is 5.06. The number of hydrogen-bond donors (Lipinski definition) is 1. The van der Waals surface area contributed by atoms with Crippen molar-refractivity contribution in [2.45, 2.75) is 13.0 Å². The van der Waals surface area contributed by atoms with Gasteiger partial charge in [0.1, 0.15) is 11.8 Å². The van der Waals surface area contributed by atoms with Crippen molar-refractivity contribution >= 4 is 15.9 Å². The summed E-state index contributed by atoms with van der Waals surface area (Å²) in [6.07, 6.45) is 5.10. The van der Waals surface area contributed by atoms with E-state index in [4.69, 9.17) is 4.42 Å². The molecule has 0 radical (unpaired) electrons. The van der Waals surface area contributed by atoms with Crippen molar-refractivity contribution in [3.05, 3.63) is 46.8 Å². The van der Waals surface area contributed by atoms with Crippen LogP contribution in [0.5, 0.6) is 0 Å². The minimum Gasteiger partial charge on any atom is -0.466 e. The summed E-state index contributed by atoms with van der Waals surface area (Å²) in [6, 6.07) is 3.54. The van der Waals surface area contributed by atoms with Crippen LogP contribution in [0, 0.1) is 0 Å². The van der Waals surface area contributed by atoms with E-state index in [2.05, 4.69) is 31.2 Å². The van der Waals surface area contributed by atoms with Gasteiger partial charge in [-0.15, -0.1) is 0 Å². The number of halogens is 1. The molecule has 5 heteroatoms. The molecule has 0 aliphatic carbocycles. The van der Waals surface area contributed by atoms with E-state index in [9.17, 15) is 0 Å². The van der Waals surface area contributed by atoms with Crippen LogP contribution in [0.15, 0.2) is 39.7 Å². The van der Waals surface area contributed by atoms with Crippen molar-refractivity contribution in [2.75, 3.05) is 6.54 Å². The first-order chi connectivity index (χ1) is 7.83. The van der Waals surface area contributed by atoms with Gasteiger partial charge in [0.25, 0.3) is 0 Å². The van der Waals surface area contributed by atoms with E-state index in [1.807, 2.05) is 13.0 Å². The number of hydrogen-bond acceptors (Lipinski definition) is 4. The van der Waals surface area contributed by atoms with Gasteiger partial charge in [-0.05, 0) is 34.6 Å². The molecule has 2 rings (SSSR count). The molecule has 4 nitrogen and oxygen atoms in total. The molecule has 0 aliphatic rings. The smallest absolute Gasteiger partial charge is 0.152 e. The van der Waals surface area contributed by atoms with Gasteiger partial charge >= 0.3 is 0 Å². The fourth-order valence-corrected chi connectivity index (χ4v) is 1.91. The van der Waals surface area contributed by atoms with Crippen LogP contribution >= 0.6 is 15.9 Å². The number of nitrogens with one attached hydrogen (secondary N) is 1. The number of aromatic nitrogens is 2. The van der Waals surface area contributed by atoms with Crippen LogP contribution in [0.1, 0.15) is 24.6 Å². The minimum atomic E-state index is -0.115. The fourth-order valence-electron chi connectivity index (χ4n) is 1.48. The Morgan fingerprint density at radius 3 is 2.75 bits per heavy atom. The van der Waals surface area contributed by atoms with E-state index in [1.54, 1.807) is 24.7 Å². The van der Waals surface area contributed by atoms with Crippen molar-refractivity contribution in [3.63, 3.8) is 0 Å². The molecule has 2 aromatic rings. The van der Waals surface area contributed by atoms with Crippen LogP contribution in [0.3, 0.4) is 0 Å². The largest absolute Gasteiger partial charge is 0.466 e. The molecule has 0 amide bonds. The first-order valence-corrected chi connectivity index (χ1v) is 5.85. The van der Waals surface area contributed by atoms with Gasteiger partial charge in [-0.25, -0.2) is 9.97 Å². The molecule has 0 bridgehead atoms. The van der Waals surface area contributed by atoms with Crippen molar-refractivity contribution in [1.82, 2.24) is 15.3 Å². The first kappa shape index (κ1) is 11.3. The Labute approximate surface area is 102 Å². The van der Waals surface area contributed by atoms with Gasteiger partial charge in [-0.2, -0.15) is 0 Å². The molecule has 16 heavy (non-hydrogen) atoms. The zero-order valence-electron chi connectivity index (χ0n) is 8.85. The topological polar surface area (TPSA) is 51.0 Å². The summed E-state index contributed by atoms with van der Waals surface area (Å²) in [5, 5.41) is 3.29. The van der Waals surface area contributed by atoms with Crippen LogP contribution in [0.2, 0.25) is 0 Å². The predicted octanol–water partition coefficient (Wildman–Crippen LogP) is 2.53. The second kappa shape index (κ2) is 5.23. The normalized spacial score (nSPS) is 12.6. The lowest BCUT2D eigenvalue weighted by Crippen LogP contribution is -2.23. The molecule has 0 saturated heterocycles. The Kier molecular flexibility index (Phi) is 3.69. The monoisotopic (exact) mass is 281 g/mol. The van der Waals surface area contributed by atoms with E-state index < -0.39 is 0 Å². The van der Waals surface area contributed by atoms with E-state index in [0.717, 1.165) is 16.8 Å². The van der Waals surface area contributed by atoms with E-state index in [1.165, 1.54) is 0 Å². The Bertz CT molecular complexity index is 444. The van der Waals surface area contributed by atoms with Crippen LogP contribution < -0.4 is 5.32 Å². The summed E-state index contributed by atoms with van der Waals surface area (Å²) in [6.45, 7) is 2.85. The Hall–Kier alpha value is -1.20. The summed E-state index contributed by atoms with van der Waals surface area (Å²) in [4.78, 5) is 8.48. The maximum absolute atomic E-state index is 5.44. The van der Waals surface area contributed by atoms with Gasteiger partial charge in [-0.1, -0.05) is 6.92 Å². The Balaban J connectivity index is 2.35. The van der Waals surface area contributed by atoms with Crippen LogP contribution in [0.25, 0.3) is 0 Å². The van der Waals surface area contributed by atoms with Crippen molar-refractivity contribution in [1.29, 1.82) is 0 Å². The van der Waals surface area contributed by atoms with Crippen LogP contribution in [0.4, 0.5) is 0 Å². The maximum Gasteiger partial charge on any atom is 0.152 e. The van der Waals surface area contributed by atoms with Gasteiger partial charge in [-0.3, -0.25) is 0 Å². The Morgan fingerprint density at radius 2 is 2.19 bits per heavy atom. The van der Waals surface area contributed by atoms with E-state index in [0.29, 0.717) is 5.82 Å². The summed E-state index contributed by atoms with van der Waals surface area (Å²) in [5.74, 6) is 1.51. The minimum absolute atomic E-state index is 0.115. The highest BCUT2D eigenvalue weighted by atomic mass is 79.9. The van der Waals surface area contributed by atoms with Gasteiger partial charge in [0, 0.05) is 12.4 Å². The molecule has 0 saturated carbocycles. The summed E-state index contributed by atoms with van der Waals surface area (Å²) in [7, 11) is 0. The third-order valence-corrected chi connectivity index (χ3v) is 2.81. The zero-order chi connectivity index (χ0) is 11.4. The van der Waals surface area contributed by atoms with Gasteiger partial charge in [0.15, 0.2) is 5.82 Å². The zero-order valence-corrected chi connectivity index (χ0v) is 10.4. The third kappa shape index (κ3) is 2.31. The lowest BCUT2D eigenvalue weighted by atomic mass is 10.2. The molecular weight excluding hydrogens is 270 g/mol. The second-order valence-electron chi connectivity index (χ2n) is 3.23. The lowest BCUT2D eigenvalue weighted by Gasteiger charge is -2.14. The average molecular weight is 282 g/mol. The van der Waals surface area contributed by atoms with Crippen LogP contribution in [-0.2, 0) is 0 Å². The third-order valence-electron chi connectivity index (χ3n) is 2.16. The highest BCUT2D eigenvalue weighted by Crippen LogP contribution is 2.27. The van der Waals surface area contributed by atoms with Crippen molar-refractivity contribution in [3.8, 4) is 0 Å². The average Bonchev–Trinajstić information content (AvgIpc) is 2.73. The molecular formula is C11H12BrN3O. The Morgan fingerprint density at radius 1 is 1.44 bits per heavy atom. The lowest BCUT2D eigenvalue weighted by molar-refractivity contribution is 0.439. The molecule has 84 valence electrons. The maximum atomic E-state index is 5.44. The molecule has 2 heterocycles. The van der Waals surface area contributed by atoms with Crippen molar-refractivity contribution in [2.24, 2.45) is 0 Å². The molecule has 1 N–H and O–H groups in total. The molecule has 2 aromatic heterocycles. The van der Waals surface area contributed by atoms with E-state index in [-0.39, 0.29) is 6.04 Å². The molecule has 1 unspecified atom stereocenters. The standard InChI is InChI=1S/C11H12BrN3O/c1-2-13-9(10-8(12)4-7-16-10)11-14-5-3-6-15-11/h3-7,9,13H,2H2,1H3. The molecule has 0 spiro atoms. The highest BCUT2D eigenvalue weighted by molar-refractivity contribution is 9.10. The fraction of sp³-hybridized carbons (Fsp3) is 0.273. The van der Waals surface area contributed by atoms with Gasteiger partial charge in [0.05, 0.1) is 10.7 Å². The van der Waals surface area contributed by atoms with E-state index >= 15 is 0 Å². The molecule has 0 aliphatic heterocycles. The summed E-state index contributed by atoms with van der Waals surface area (Å²) in [5.41, 5.74) is 0. The van der Waals surface area contributed by atoms with Gasteiger partial charge < -0.3 is 9.73 Å². The quantitative estimate of drug-likeness (QED) is 0.936. The number of rotatable bonds is 4. The molecule has 1 atom stereocenters. The highest BCUT2D eigenvalue weighted by Gasteiger charge is 2.21. The van der Waals surface area contributed by atoms with Crippen LogP contribution in [-0.4, -0.2) is 16.5 Å². The SMILES string of the molecule is CCNC(c1ncccn1)c1occc1Br. The number of nitrogens with zero attached hydrogens (tertiary/aromatic N) is 2. The second-order valence-corrected chi connectivity index (χ2v) is 4.08.